The van der Waals surface area contributed by atoms with Crippen molar-refractivity contribution in [3.63, 3.8) is 0 Å². The number of amides is 1. The van der Waals surface area contributed by atoms with Gasteiger partial charge < -0.3 is 5.32 Å². The van der Waals surface area contributed by atoms with Gasteiger partial charge in [-0.25, -0.2) is 0 Å². The van der Waals surface area contributed by atoms with E-state index in [-0.39, 0.29) is 5.91 Å². The summed E-state index contributed by atoms with van der Waals surface area (Å²) in [6.07, 6.45) is 3.30. The summed E-state index contributed by atoms with van der Waals surface area (Å²) in [4.78, 5) is 12.4. The smallest absolute Gasteiger partial charge is 0.244 e. The quantitative estimate of drug-likeness (QED) is 0.807. The number of thiophene rings is 1. The van der Waals surface area contributed by atoms with Gasteiger partial charge in [-0.1, -0.05) is 18.2 Å². The molecule has 0 aromatic carbocycles. The van der Waals surface area contributed by atoms with Crippen molar-refractivity contribution in [3.8, 4) is 0 Å². The summed E-state index contributed by atoms with van der Waals surface area (Å²) in [5, 5.41) is 5.03. The van der Waals surface area contributed by atoms with E-state index in [1.54, 1.807) is 17.4 Å². The number of nitrogens with one attached hydrogen (secondary N) is 1. The van der Waals surface area contributed by atoms with Crippen molar-refractivity contribution in [1.82, 2.24) is 5.32 Å². The molecule has 0 fully saturated rings. The van der Waals surface area contributed by atoms with Crippen LogP contribution >= 0.6 is 22.9 Å². The summed E-state index contributed by atoms with van der Waals surface area (Å²) in [5.41, 5.74) is 1.17. The first-order chi connectivity index (χ1) is 7.09. The Labute approximate surface area is 98.3 Å². The molecule has 0 aliphatic heterocycles. The molecule has 4 heteroatoms. The largest absolute Gasteiger partial charge is 0.348 e. The number of hydrogen-bond acceptors (Lipinski definition) is 2. The summed E-state index contributed by atoms with van der Waals surface area (Å²) in [6, 6.07) is 2.02. The highest BCUT2D eigenvalue weighted by atomic mass is 35.5. The Balaban J connectivity index is 2.48. The molecule has 1 amide bonds. The molecular weight excluding hydrogens is 230 g/mol. The Morgan fingerprint density at radius 3 is 3.00 bits per heavy atom. The van der Waals surface area contributed by atoms with E-state index in [1.807, 2.05) is 18.4 Å². The SMILES string of the molecule is C=C(Cl)CNC(=O)/C=C/c1sccc1C. The maximum atomic E-state index is 11.3. The van der Waals surface area contributed by atoms with Crippen LogP contribution in [0.5, 0.6) is 0 Å². The molecule has 1 rings (SSSR count). The molecule has 0 aliphatic rings. The molecule has 1 aromatic heterocycles. The maximum absolute atomic E-state index is 11.3. The van der Waals surface area contributed by atoms with Gasteiger partial charge in [0.25, 0.3) is 0 Å². The van der Waals surface area contributed by atoms with Crippen LogP contribution in [0.25, 0.3) is 6.08 Å². The van der Waals surface area contributed by atoms with Crippen molar-refractivity contribution in [1.29, 1.82) is 0 Å². The Kier molecular flexibility index (Phi) is 4.59. The van der Waals surface area contributed by atoms with E-state index in [9.17, 15) is 4.79 Å². The van der Waals surface area contributed by atoms with Crippen LogP contribution in [-0.4, -0.2) is 12.5 Å². The van der Waals surface area contributed by atoms with E-state index < -0.39 is 0 Å². The van der Waals surface area contributed by atoms with E-state index in [0.29, 0.717) is 11.6 Å². The van der Waals surface area contributed by atoms with Gasteiger partial charge in [0.05, 0.1) is 6.54 Å². The molecule has 15 heavy (non-hydrogen) atoms. The fourth-order valence-corrected chi connectivity index (χ4v) is 1.83. The van der Waals surface area contributed by atoms with Crippen LogP contribution in [0.2, 0.25) is 0 Å². The van der Waals surface area contributed by atoms with Crippen LogP contribution in [0.15, 0.2) is 29.1 Å². The lowest BCUT2D eigenvalue weighted by Crippen LogP contribution is -2.21. The summed E-state index contributed by atoms with van der Waals surface area (Å²) in [5.74, 6) is -0.162. The normalized spacial score (nSPS) is 10.5. The molecule has 1 N–H and O–H groups in total. The molecule has 2 nitrogen and oxygen atoms in total. The monoisotopic (exact) mass is 241 g/mol. The van der Waals surface area contributed by atoms with Gasteiger partial charge in [0.1, 0.15) is 0 Å². The number of hydrogen-bond donors (Lipinski definition) is 1. The average molecular weight is 242 g/mol. The lowest BCUT2D eigenvalue weighted by atomic mass is 10.3. The number of aryl methyl sites for hydroxylation is 1. The lowest BCUT2D eigenvalue weighted by Gasteiger charge is -1.98. The van der Waals surface area contributed by atoms with Crippen LogP contribution in [0.3, 0.4) is 0 Å². The lowest BCUT2D eigenvalue weighted by molar-refractivity contribution is -0.116. The number of rotatable bonds is 4. The van der Waals surface area contributed by atoms with Crippen LogP contribution in [-0.2, 0) is 4.79 Å². The van der Waals surface area contributed by atoms with Gasteiger partial charge in [0.2, 0.25) is 5.91 Å². The zero-order valence-electron chi connectivity index (χ0n) is 8.42. The third-order valence-electron chi connectivity index (χ3n) is 1.74. The standard InChI is InChI=1S/C11H12ClNOS/c1-8-5-6-15-10(8)3-4-11(14)13-7-9(2)12/h3-6H,2,7H2,1H3,(H,13,14)/b4-3+. The van der Waals surface area contributed by atoms with Gasteiger partial charge in [0, 0.05) is 16.0 Å². The Bertz CT molecular complexity index is 395. The van der Waals surface area contributed by atoms with Crippen molar-refractivity contribution in [2.75, 3.05) is 6.54 Å². The third kappa shape index (κ3) is 4.32. The first-order valence-electron chi connectivity index (χ1n) is 4.43. The molecule has 0 spiro atoms. The van der Waals surface area contributed by atoms with Crippen molar-refractivity contribution in [2.45, 2.75) is 6.92 Å². The molecule has 0 atom stereocenters. The van der Waals surface area contributed by atoms with Crippen LogP contribution in [0.4, 0.5) is 0 Å². The van der Waals surface area contributed by atoms with E-state index in [1.165, 1.54) is 11.6 Å². The first-order valence-corrected chi connectivity index (χ1v) is 5.68. The number of carbonyl (C=O) groups excluding carboxylic acids is 1. The zero-order chi connectivity index (χ0) is 11.3. The molecule has 1 heterocycles. The van der Waals surface area contributed by atoms with Crippen molar-refractivity contribution in [3.05, 3.63) is 39.6 Å². The molecule has 0 unspecified atom stereocenters. The summed E-state index contributed by atoms with van der Waals surface area (Å²) in [6.45, 7) is 5.79. The summed E-state index contributed by atoms with van der Waals surface area (Å²) < 4.78 is 0. The van der Waals surface area contributed by atoms with Crippen molar-refractivity contribution in [2.24, 2.45) is 0 Å². The third-order valence-corrected chi connectivity index (χ3v) is 2.86. The minimum absolute atomic E-state index is 0.162. The van der Waals surface area contributed by atoms with Gasteiger partial charge in [-0.05, 0) is 30.0 Å². The Morgan fingerprint density at radius 2 is 2.47 bits per heavy atom. The predicted molar refractivity (Wildman–Crippen MR) is 66.1 cm³/mol. The second-order valence-corrected chi connectivity index (χ2v) is 4.52. The van der Waals surface area contributed by atoms with E-state index in [0.717, 1.165) is 4.88 Å². The topological polar surface area (TPSA) is 29.1 Å². The average Bonchev–Trinajstić information content (AvgIpc) is 2.58. The Morgan fingerprint density at radius 1 is 1.73 bits per heavy atom. The first kappa shape index (κ1) is 12.0. The minimum atomic E-state index is -0.162. The predicted octanol–water partition coefficient (Wildman–Crippen LogP) is 2.94. The molecule has 80 valence electrons. The van der Waals surface area contributed by atoms with Crippen molar-refractivity contribution < 1.29 is 4.79 Å². The summed E-state index contributed by atoms with van der Waals surface area (Å²) in [7, 11) is 0. The fraction of sp³-hybridized carbons (Fsp3) is 0.182. The van der Waals surface area contributed by atoms with Gasteiger partial charge >= 0.3 is 0 Å². The highest BCUT2D eigenvalue weighted by Crippen LogP contribution is 2.16. The molecular formula is C11H12ClNOS. The second kappa shape index (κ2) is 5.73. The number of carbonyl (C=O) groups is 1. The van der Waals surface area contributed by atoms with Crippen molar-refractivity contribution >= 4 is 34.9 Å². The molecule has 0 bridgehead atoms. The maximum Gasteiger partial charge on any atom is 0.244 e. The molecule has 0 saturated heterocycles. The van der Waals surface area contributed by atoms with Crippen LogP contribution < -0.4 is 5.32 Å². The molecule has 0 saturated carbocycles. The van der Waals surface area contributed by atoms with Gasteiger partial charge in [-0.3, -0.25) is 4.79 Å². The van der Waals surface area contributed by atoms with E-state index in [4.69, 9.17) is 11.6 Å². The molecule has 1 aromatic rings. The zero-order valence-corrected chi connectivity index (χ0v) is 9.99. The highest BCUT2D eigenvalue weighted by molar-refractivity contribution is 7.11. The second-order valence-electron chi connectivity index (χ2n) is 3.04. The summed E-state index contributed by atoms with van der Waals surface area (Å²) >= 11 is 7.12. The van der Waals surface area contributed by atoms with E-state index in [2.05, 4.69) is 11.9 Å². The van der Waals surface area contributed by atoms with Gasteiger partial charge in [-0.15, -0.1) is 11.3 Å². The van der Waals surface area contributed by atoms with Gasteiger partial charge in [-0.2, -0.15) is 0 Å². The van der Waals surface area contributed by atoms with Crippen LogP contribution in [0, 0.1) is 6.92 Å². The minimum Gasteiger partial charge on any atom is -0.348 e. The Hall–Kier alpha value is -1.06. The molecule has 0 aliphatic carbocycles. The van der Waals surface area contributed by atoms with Crippen LogP contribution in [0.1, 0.15) is 10.4 Å². The highest BCUT2D eigenvalue weighted by Gasteiger charge is 1.97. The number of halogens is 1. The molecule has 0 radical (unpaired) electrons. The van der Waals surface area contributed by atoms with E-state index >= 15 is 0 Å². The fourth-order valence-electron chi connectivity index (χ4n) is 0.949. The van der Waals surface area contributed by atoms with Gasteiger partial charge in [0.15, 0.2) is 0 Å².